The molecule has 1 rings (SSSR count). The average molecular weight is 248 g/mol. The van der Waals surface area contributed by atoms with Crippen molar-refractivity contribution in [2.45, 2.75) is 27.7 Å². The van der Waals surface area contributed by atoms with Crippen molar-refractivity contribution in [2.75, 3.05) is 17.7 Å². The number of ether oxygens (including phenoxy) is 1. The van der Waals surface area contributed by atoms with Crippen LogP contribution in [-0.2, 0) is 9.53 Å². The second-order valence-electron chi connectivity index (χ2n) is 4.23. The molecule has 0 spiro atoms. The molecule has 0 saturated carbocycles. The molecule has 4 heteroatoms. The molecule has 0 atom stereocenters. The fourth-order valence-corrected chi connectivity index (χ4v) is 1.56. The Kier molecular flexibility index (Phi) is 4.77. The second-order valence-corrected chi connectivity index (χ2v) is 4.23. The van der Waals surface area contributed by atoms with Gasteiger partial charge in [-0.25, -0.2) is 4.79 Å². The van der Waals surface area contributed by atoms with Gasteiger partial charge in [-0.1, -0.05) is 0 Å². The number of carbonyl (C=O) groups is 1. The van der Waals surface area contributed by atoms with E-state index in [0.717, 1.165) is 16.8 Å². The van der Waals surface area contributed by atoms with Crippen molar-refractivity contribution in [1.82, 2.24) is 0 Å². The summed E-state index contributed by atoms with van der Waals surface area (Å²) in [5.74, 6) is -0.357. The van der Waals surface area contributed by atoms with Crippen LogP contribution < -0.4 is 11.1 Å². The van der Waals surface area contributed by atoms with E-state index in [4.69, 9.17) is 10.5 Å². The smallest absolute Gasteiger partial charge is 0.332 e. The lowest BCUT2D eigenvalue weighted by Crippen LogP contribution is -2.06. The van der Waals surface area contributed by atoms with E-state index in [9.17, 15) is 4.79 Å². The average Bonchev–Trinajstić information content (AvgIpc) is 2.26. The van der Waals surface area contributed by atoms with Gasteiger partial charge < -0.3 is 15.8 Å². The molecule has 0 saturated heterocycles. The lowest BCUT2D eigenvalue weighted by Gasteiger charge is -2.12. The molecule has 4 nitrogen and oxygen atoms in total. The number of nitrogen functional groups attached to an aromatic ring is 1. The summed E-state index contributed by atoms with van der Waals surface area (Å²) in [6.07, 6.45) is 1.41. The lowest BCUT2D eigenvalue weighted by molar-refractivity contribution is -0.137. The Morgan fingerprint density at radius 2 is 2.00 bits per heavy atom. The molecule has 0 aliphatic rings. The first-order chi connectivity index (χ1) is 8.43. The van der Waals surface area contributed by atoms with Crippen LogP contribution >= 0.6 is 0 Å². The number of nitrogens with two attached hydrogens (primary N) is 1. The van der Waals surface area contributed by atoms with Gasteiger partial charge in [0.2, 0.25) is 0 Å². The maximum Gasteiger partial charge on any atom is 0.332 e. The normalized spacial score (nSPS) is 11.2. The molecule has 0 amide bonds. The Hall–Kier alpha value is -1.97. The number of carbonyl (C=O) groups excluding carboxylic acids is 1. The minimum Gasteiger partial charge on any atom is -0.463 e. The first-order valence-electron chi connectivity index (χ1n) is 5.92. The molecule has 0 fully saturated rings. The number of anilines is 2. The van der Waals surface area contributed by atoms with E-state index < -0.39 is 0 Å². The molecule has 1 aromatic rings. The van der Waals surface area contributed by atoms with Crippen LogP contribution in [-0.4, -0.2) is 12.6 Å². The van der Waals surface area contributed by atoms with E-state index in [2.05, 4.69) is 5.32 Å². The maximum absolute atomic E-state index is 11.3. The van der Waals surface area contributed by atoms with Crippen molar-refractivity contribution in [3.05, 3.63) is 35.0 Å². The molecule has 0 aliphatic carbocycles. The van der Waals surface area contributed by atoms with Crippen molar-refractivity contribution in [3.8, 4) is 0 Å². The zero-order chi connectivity index (χ0) is 13.7. The van der Waals surface area contributed by atoms with Crippen LogP contribution in [0.25, 0.3) is 0 Å². The fraction of sp³-hybridized carbons (Fsp3) is 0.357. The summed E-state index contributed by atoms with van der Waals surface area (Å²) in [5.41, 5.74) is 10.4. The summed E-state index contributed by atoms with van der Waals surface area (Å²) in [5, 5.41) is 3.10. The highest BCUT2D eigenvalue weighted by molar-refractivity contribution is 5.84. The number of rotatable bonds is 4. The Bertz CT molecular complexity index is 479. The molecule has 0 unspecified atom stereocenters. The van der Waals surface area contributed by atoms with Gasteiger partial charge >= 0.3 is 5.97 Å². The number of benzene rings is 1. The number of hydrogen-bond donors (Lipinski definition) is 2. The Morgan fingerprint density at radius 3 is 2.61 bits per heavy atom. The van der Waals surface area contributed by atoms with Crippen LogP contribution in [0.1, 0.15) is 25.0 Å². The van der Waals surface area contributed by atoms with Crippen molar-refractivity contribution < 1.29 is 9.53 Å². The molecule has 3 N–H and O–H groups in total. The van der Waals surface area contributed by atoms with Crippen LogP contribution in [0.4, 0.5) is 11.4 Å². The summed E-state index contributed by atoms with van der Waals surface area (Å²) < 4.78 is 4.84. The zero-order valence-electron chi connectivity index (χ0n) is 11.3. The third kappa shape index (κ3) is 3.80. The van der Waals surface area contributed by atoms with Gasteiger partial charge in [0, 0.05) is 11.8 Å². The third-order valence-corrected chi connectivity index (χ3v) is 2.62. The molecular formula is C14H20N2O2. The Balaban J connectivity index is 2.85. The van der Waals surface area contributed by atoms with E-state index in [-0.39, 0.29) is 5.97 Å². The van der Waals surface area contributed by atoms with Crippen LogP contribution in [0.3, 0.4) is 0 Å². The van der Waals surface area contributed by atoms with Gasteiger partial charge in [-0.15, -0.1) is 0 Å². The molecular weight excluding hydrogens is 228 g/mol. The van der Waals surface area contributed by atoms with E-state index >= 15 is 0 Å². The standard InChI is InChI=1S/C14H20N2O2/c1-5-18-14(17)8-11(4)16-13-7-10(3)9(2)6-12(13)15/h6-8,16H,5,15H2,1-4H3. The molecule has 98 valence electrons. The van der Waals surface area contributed by atoms with Crippen molar-refractivity contribution in [3.63, 3.8) is 0 Å². The van der Waals surface area contributed by atoms with Gasteiger partial charge in [0.25, 0.3) is 0 Å². The van der Waals surface area contributed by atoms with Crippen molar-refractivity contribution in [1.29, 1.82) is 0 Å². The number of allylic oxidation sites excluding steroid dienone is 1. The van der Waals surface area contributed by atoms with Gasteiger partial charge in [0.15, 0.2) is 0 Å². The predicted octanol–water partition coefficient (Wildman–Crippen LogP) is 2.76. The minimum absolute atomic E-state index is 0.357. The topological polar surface area (TPSA) is 64.3 Å². The number of nitrogens with one attached hydrogen (secondary N) is 1. The molecule has 18 heavy (non-hydrogen) atoms. The Labute approximate surface area is 108 Å². The maximum atomic E-state index is 11.3. The fourth-order valence-electron chi connectivity index (χ4n) is 1.56. The lowest BCUT2D eigenvalue weighted by atomic mass is 10.1. The molecule has 0 radical (unpaired) electrons. The third-order valence-electron chi connectivity index (χ3n) is 2.62. The highest BCUT2D eigenvalue weighted by atomic mass is 16.5. The molecule has 0 aromatic heterocycles. The van der Waals surface area contributed by atoms with Crippen molar-refractivity contribution in [2.24, 2.45) is 0 Å². The van der Waals surface area contributed by atoms with E-state index in [1.54, 1.807) is 13.8 Å². The second kappa shape index (κ2) is 6.10. The zero-order valence-corrected chi connectivity index (χ0v) is 11.3. The van der Waals surface area contributed by atoms with Crippen molar-refractivity contribution >= 4 is 17.3 Å². The summed E-state index contributed by atoms with van der Waals surface area (Å²) >= 11 is 0. The van der Waals surface area contributed by atoms with E-state index in [1.165, 1.54) is 6.08 Å². The summed E-state index contributed by atoms with van der Waals surface area (Å²) in [4.78, 5) is 11.3. The monoisotopic (exact) mass is 248 g/mol. The SMILES string of the molecule is CCOC(=O)C=C(C)Nc1cc(C)c(C)cc1N. The summed E-state index contributed by atoms with van der Waals surface area (Å²) in [6.45, 7) is 7.97. The van der Waals surface area contributed by atoms with Crippen LogP contribution in [0.5, 0.6) is 0 Å². The number of aryl methyl sites for hydroxylation is 2. The van der Waals surface area contributed by atoms with Gasteiger partial charge in [-0.05, 0) is 51.0 Å². The van der Waals surface area contributed by atoms with Crippen LogP contribution in [0.15, 0.2) is 23.9 Å². The van der Waals surface area contributed by atoms with E-state index in [0.29, 0.717) is 18.0 Å². The van der Waals surface area contributed by atoms with Gasteiger partial charge in [-0.3, -0.25) is 0 Å². The predicted molar refractivity (Wildman–Crippen MR) is 74.3 cm³/mol. The molecule has 0 heterocycles. The highest BCUT2D eigenvalue weighted by Crippen LogP contribution is 2.24. The van der Waals surface area contributed by atoms with E-state index in [1.807, 2.05) is 26.0 Å². The quantitative estimate of drug-likeness (QED) is 0.488. The van der Waals surface area contributed by atoms with Crippen LogP contribution in [0, 0.1) is 13.8 Å². The first kappa shape index (κ1) is 14.1. The summed E-state index contributed by atoms with van der Waals surface area (Å²) in [7, 11) is 0. The largest absolute Gasteiger partial charge is 0.463 e. The van der Waals surface area contributed by atoms with Gasteiger partial charge in [-0.2, -0.15) is 0 Å². The highest BCUT2D eigenvalue weighted by Gasteiger charge is 2.04. The number of esters is 1. The van der Waals surface area contributed by atoms with Gasteiger partial charge in [0.1, 0.15) is 0 Å². The molecule has 0 bridgehead atoms. The molecule has 0 aliphatic heterocycles. The van der Waals surface area contributed by atoms with Crippen LogP contribution in [0.2, 0.25) is 0 Å². The Morgan fingerprint density at radius 1 is 1.39 bits per heavy atom. The number of hydrogen-bond acceptors (Lipinski definition) is 4. The molecule has 1 aromatic carbocycles. The first-order valence-corrected chi connectivity index (χ1v) is 5.92. The van der Waals surface area contributed by atoms with Gasteiger partial charge in [0.05, 0.1) is 18.0 Å². The minimum atomic E-state index is -0.357. The summed E-state index contributed by atoms with van der Waals surface area (Å²) in [6, 6.07) is 3.88.